The van der Waals surface area contributed by atoms with Crippen molar-refractivity contribution in [3.8, 4) is 5.75 Å². The molecular formula is C20H22N2O2. The fourth-order valence-corrected chi connectivity index (χ4v) is 2.47. The number of benzene rings is 2. The lowest BCUT2D eigenvalue weighted by Gasteiger charge is -2.07. The topological polar surface area (TPSA) is 50.7 Å². The molecule has 24 heavy (non-hydrogen) atoms. The quantitative estimate of drug-likeness (QED) is 0.497. The van der Waals surface area contributed by atoms with Crippen molar-refractivity contribution in [2.45, 2.75) is 20.8 Å². The van der Waals surface area contributed by atoms with E-state index < -0.39 is 0 Å². The number of aryl methyl sites for hydroxylation is 3. The predicted octanol–water partition coefficient (Wildman–Crippen LogP) is 3.94. The maximum atomic E-state index is 12.1. The molecule has 0 aliphatic heterocycles. The van der Waals surface area contributed by atoms with Gasteiger partial charge in [-0.15, -0.1) is 0 Å². The van der Waals surface area contributed by atoms with E-state index in [4.69, 9.17) is 4.74 Å². The van der Waals surface area contributed by atoms with Gasteiger partial charge in [0.2, 0.25) is 0 Å². The van der Waals surface area contributed by atoms with Gasteiger partial charge in [-0.2, -0.15) is 5.10 Å². The van der Waals surface area contributed by atoms with Gasteiger partial charge in [-0.25, -0.2) is 5.43 Å². The highest BCUT2D eigenvalue weighted by atomic mass is 16.5. The van der Waals surface area contributed by atoms with Crippen molar-refractivity contribution in [2.24, 2.45) is 5.10 Å². The molecule has 2 aromatic rings. The molecule has 0 atom stereocenters. The van der Waals surface area contributed by atoms with Crippen LogP contribution in [0.3, 0.4) is 0 Å². The van der Waals surface area contributed by atoms with Crippen LogP contribution >= 0.6 is 0 Å². The van der Waals surface area contributed by atoms with Gasteiger partial charge in [-0.1, -0.05) is 30.4 Å². The fourth-order valence-electron chi connectivity index (χ4n) is 2.47. The summed E-state index contributed by atoms with van der Waals surface area (Å²) in [6, 6.07) is 11.1. The first kappa shape index (κ1) is 17.5. The van der Waals surface area contributed by atoms with Crippen LogP contribution < -0.4 is 10.2 Å². The van der Waals surface area contributed by atoms with Gasteiger partial charge in [0.25, 0.3) is 5.91 Å². The average molecular weight is 322 g/mol. The van der Waals surface area contributed by atoms with Crippen LogP contribution in [0.5, 0.6) is 5.75 Å². The molecule has 0 fully saturated rings. The Balaban J connectivity index is 2.01. The van der Waals surface area contributed by atoms with E-state index in [1.165, 1.54) is 5.56 Å². The average Bonchev–Trinajstić information content (AvgIpc) is 2.55. The number of carbonyl (C=O) groups excluding carboxylic acids is 1. The smallest absolute Gasteiger partial charge is 0.271 e. The Morgan fingerprint density at radius 1 is 1.17 bits per heavy atom. The minimum atomic E-state index is -0.260. The van der Waals surface area contributed by atoms with Crippen LogP contribution in [0.1, 0.15) is 32.6 Å². The molecule has 2 rings (SSSR count). The largest absolute Gasteiger partial charge is 0.490 e. The monoisotopic (exact) mass is 322 g/mol. The highest BCUT2D eigenvalue weighted by molar-refractivity contribution is 5.95. The van der Waals surface area contributed by atoms with Crippen LogP contribution in [-0.2, 0) is 0 Å². The Labute approximate surface area is 142 Å². The van der Waals surface area contributed by atoms with Crippen LogP contribution in [0.15, 0.2) is 54.2 Å². The molecular weight excluding hydrogens is 300 g/mol. The molecule has 0 unspecified atom stereocenters. The van der Waals surface area contributed by atoms with Gasteiger partial charge in [0.1, 0.15) is 12.4 Å². The number of hydrogen-bond donors (Lipinski definition) is 1. The maximum Gasteiger partial charge on any atom is 0.271 e. The SMILES string of the molecule is C=CCOc1ccc(C(=O)N/N=C\c2c(C)cc(C)cc2C)cc1. The highest BCUT2D eigenvalue weighted by Gasteiger charge is 2.05. The Bertz CT molecular complexity index is 739. The number of rotatable bonds is 6. The molecule has 4 heteroatoms. The molecule has 0 radical (unpaired) electrons. The lowest BCUT2D eigenvalue weighted by atomic mass is 10.0. The summed E-state index contributed by atoms with van der Waals surface area (Å²) in [5.74, 6) is 0.435. The van der Waals surface area contributed by atoms with Crippen LogP contribution in [0.4, 0.5) is 0 Å². The highest BCUT2D eigenvalue weighted by Crippen LogP contribution is 2.14. The van der Waals surface area contributed by atoms with Gasteiger partial charge in [-0.05, 0) is 56.2 Å². The molecule has 0 aromatic heterocycles. The Kier molecular flexibility index (Phi) is 5.90. The minimum Gasteiger partial charge on any atom is -0.490 e. The minimum absolute atomic E-state index is 0.260. The number of amides is 1. The third kappa shape index (κ3) is 4.56. The Morgan fingerprint density at radius 3 is 2.38 bits per heavy atom. The van der Waals surface area contributed by atoms with Crippen molar-refractivity contribution < 1.29 is 9.53 Å². The molecule has 0 spiro atoms. The van der Waals surface area contributed by atoms with E-state index in [0.717, 1.165) is 16.7 Å². The van der Waals surface area contributed by atoms with E-state index in [-0.39, 0.29) is 5.91 Å². The Hall–Kier alpha value is -2.88. The summed E-state index contributed by atoms with van der Waals surface area (Å²) in [5, 5.41) is 4.07. The van der Waals surface area contributed by atoms with Crippen molar-refractivity contribution >= 4 is 12.1 Å². The number of nitrogens with zero attached hydrogens (tertiary/aromatic N) is 1. The van der Waals surface area contributed by atoms with Gasteiger partial charge in [0.15, 0.2) is 0 Å². The predicted molar refractivity (Wildman–Crippen MR) is 97.8 cm³/mol. The lowest BCUT2D eigenvalue weighted by molar-refractivity contribution is 0.0955. The number of carbonyl (C=O) groups is 1. The van der Waals surface area contributed by atoms with E-state index in [1.807, 2.05) is 13.8 Å². The van der Waals surface area contributed by atoms with E-state index in [0.29, 0.717) is 17.9 Å². The first-order valence-electron chi connectivity index (χ1n) is 7.76. The van der Waals surface area contributed by atoms with Crippen molar-refractivity contribution in [1.29, 1.82) is 0 Å². The number of hydrogen-bond acceptors (Lipinski definition) is 3. The molecule has 0 saturated heterocycles. The van der Waals surface area contributed by atoms with E-state index in [9.17, 15) is 4.79 Å². The summed E-state index contributed by atoms with van der Waals surface area (Å²) in [4.78, 5) is 12.1. The van der Waals surface area contributed by atoms with Crippen molar-refractivity contribution in [3.05, 3.63) is 76.9 Å². The lowest BCUT2D eigenvalue weighted by Crippen LogP contribution is -2.17. The standard InChI is InChI=1S/C20H22N2O2/c1-5-10-24-18-8-6-17(7-9-18)20(23)22-21-13-19-15(3)11-14(2)12-16(19)4/h5-9,11-13H,1,10H2,2-4H3,(H,22,23)/b21-13-. The molecule has 0 aliphatic carbocycles. The van der Waals surface area contributed by atoms with Crippen molar-refractivity contribution in [2.75, 3.05) is 6.61 Å². The summed E-state index contributed by atoms with van der Waals surface area (Å²) in [6.07, 6.45) is 3.36. The molecule has 0 saturated carbocycles. The van der Waals surface area contributed by atoms with E-state index >= 15 is 0 Å². The second kappa shape index (κ2) is 8.11. The zero-order valence-corrected chi connectivity index (χ0v) is 14.3. The number of ether oxygens (including phenoxy) is 1. The second-order valence-corrected chi connectivity index (χ2v) is 5.64. The summed E-state index contributed by atoms with van der Waals surface area (Å²) < 4.78 is 5.39. The molecule has 1 N–H and O–H groups in total. The van der Waals surface area contributed by atoms with Gasteiger partial charge in [-0.3, -0.25) is 4.79 Å². The fraction of sp³-hybridized carbons (Fsp3) is 0.200. The van der Waals surface area contributed by atoms with Crippen molar-refractivity contribution in [1.82, 2.24) is 5.43 Å². The van der Waals surface area contributed by atoms with Crippen molar-refractivity contribution in [3.63, 3.8) is 0 Å². The maximum absolute atomic E-state index is 12.1. The summed E-state index contributed by atoms with van der Waals surface area (Å²) in [5.41, 5.74) is 7.58. The first-order chi connectivity index (χ1) is 11.5. The van der Waals surface area contributed by atoms with Gasteiger partial charge in [0, 0.05) is 11.1 Å². The van der Waals surface area contributed by atoms with Crippen LogP contribution in [-0.4, -0.2) is 18.7 Å². The zero-order chi connectivity index (χ0) is 17.5. The molecule has 4 nitrogen and oxygen atoms in total. The Morgan fingerprint density at radius 2 is 1.79 bits per heavy atom. The molecule has 2 aromatic carbocycles. The van der Waals surface area contributed by atoms with Crippen LogP contribution in [0.2, 0.25) is 0 Å². The van der Waals surface area contributed by atoms with Gasteiger partial charge in [0.05, 0.1) is 6.21 Å². The second-order valence-electron chi connectivity index (χ2n) is 5.64. The molecule has 0 heterocycles. The molecule has 0 aliphatic rings. The molecule has 0 bridgehead atoms. The molecule has 124 valence electrons. The zero-order valence-electron chi connectivity index (χ0n) is 14.3. The normalized spacial score (nSPS) is 10.6. The third-order valence-electron chi connectivity index (χ3n) is 3.58. The van der Waals surface area contributed by atoms with Crippen LogP contribution in [0.25, 0.3) is 0 Å². The van der Waals surface area contributed by atoms with Gasteiger partial charge >= 0.3 is 0 Å². The third-order valence-corrected chi connectivity index (χ3v) is 3.58. The number of nitrogens with one attached hydrogen (secondary N) is 1. The van der Waals surface area contributed by atoms with Crippen LogP contribution in [0, 0.1) is 20.8 Å². The summed E-state index contributed by atoms with van der Waals surface area (Å²) in [6.45, 7) is 10.2. The first-order valence-corrected chi connectivity index (χ1v) is 7.76. The van der Waals surface area contributed by atoms with E-state index in [2.05, 4.69) is 36.2 Å². The van der Waals surface area contributed by atoms with E-state index in [1.54, 1.807) is 36.6 Å². The van der Waals surface area contributed by atoms with Gasteiger partial charge < -0.3 is 4.74 Å². The summed E-state index contributed by atoms with van der Waals surface area (Å²) in [7, 11) is 0. The summed E-state index contributed by atoms with van der Waals surface area (Å²) >= 11 is 0. The molecule has 1 amide bonds. The number of hydrazone groups is 1.